The van der Waals surface area contributed by atoms with Crippen molar-refractivity contribution in [2.75, 3.05) is 26.2 Å². The van der Waals surface area contributed by atoms with E-state index in [-0.39, 0.29) is 44.1 Å². The summed E-state index contributed by atoms with van der Waals surface area (Å²) in [6, 6.07) is -14.6. The van der Waals surface area contributed by atoms with Crippen molar-refractivity contribution in [3.05, 3.63) is 0 Å². The van der Waals surface area contributed by atoms with Gasteiger partial charge in [-0.15, -0.1) is 0 Å². The lowest BCUT2D eigenvalue weighted by atomic mass is 9.97. The van der Waals surface area contributed by atoms with E-state index in [4.69, 9.17) is 22.3 Å². The highest BCUT2D eigenvalue weighted by molar-refractivity contribution is 6.00. The van der Waals surface area contributed by atoms with E-state index < -0.39 is 181 Å². The first kappa shape index (κ1) is 72.9. The van der Waals surface area contributed by atoms with Crippen molar-refractivity contribution in [3.63, 3.8) is 0 Å². The Morgan fingerprint density at radius 2 is 1.07 bits per heavy atom. The molecule has 0 saturated carbocycles. The Labute approximate surface area is 477 Å². The van der Waals surface area contributed by atoms with Crippen molar-refractivity contribution in [2.24, 2.45) is 35.0 Å². The van der Waals surface area contributed by atoms with Crippen molar-refractivity contribution in [1.29, 1.82) is 0 Å². The molecule has 0 spiro atoms. The summed E-state index contributed by atoms with van der Waals surface area (Å²) in [4.78, 5) is 172. The van der Waals surface area contributed by atoms with Crippen molar-refractivity contribution < 1.29 is 82.8 Å². The Morgan fingerprint density at radius 1 is 0.573 bits per heavy atom. The first-order valence-electron chi connectivity index (χ1n) is 27.5. The highest BCUT2D eigenvalue weighted by Gasteiger charge is 2.42. The number of aliphatic hydroxyl groups excluding tert-OH is 3. The molecule has 0 radical (unpaired) electrons. The fourth-order valence-corrected chi connectivity index (χ4v) is 8.33. The molecular formula is C51H90N14O17. The number of carbonyl (C=O) groups excluding carboxylic acids is 12. The van der Waals surface area contributed by atoms with Crippen LogP contribution in [0.4, 0.5) is 0 Å². The van der Waals surface area contributed by atoms with Crippen LogP contribution >= 0.6 is 0 Å². The zero-order chi connectivity index (χ0) is 62.9. The summed E-state index contributed by atoms with van der Waals surface area (Å²) in [5.74, 6) is -13.8. The number of aliphatic hydroxyl groups is 3. The summed E-state index contributed by atoms with van der Waals surface area (Å²) < 4.78 is 0. The molecule has 12 amide bonds. The average molecular weight is 1170 g/mol. The Hall–Kier alpha value is -7.09. The van der Waals surface area contributed by atoms with Gasteiger partial charge in [-0.25, -0.2) is 0 Å². The van der Waals surface area contributed by atoms with Crippen LogP contribution in [-0.4, -0.2) is 207 Å². The van der Waals surface area contributed by atoms with Gasteiger partial charge < -0.3 is 95.7 Å². The molecule has 1 heterocycles. The maximum Gasteiger partial charge on any atom is 0.322 e. The van der Waals surface area contributed by atoms with E-state index >= 15 is 0 Å². The molecule has 82 heavy (non-hydrogen) atoms. The molecule has 14 atom stereocenters. The lowest BCUT2D eigenvalue weighted by molar-refractivity contribution is -0.144. The number of hydrogen-bond donors (Lipinski definition) is 17. The molecule has 1 aliphatic rings. The largest absolute Gasteiger partial charge is 0.480 e. The van der Waals surface area contributed by atoms with E-state index in [0.29, 0.717) is 25.8 Å². The second-order valence-electron chi connectivity index (χ2n) is 21.4. The SMILES string of the molecule is CC[C@H](C)[C@H](NC(=O)[C@@H](NC(=O)[C@@H]1CCCN1C(=O)[C@H](CC(N)=O)NC(=O)[C@H](CC(C)C)NC(=O)[C@@H](NC(=O)[C@@H](NC(=O)[C@@H](N)C(C)C)[C@@H](C)O)[C@@H](C)O)[C@@H](C)O)C(=O)N[C@@H](C)C(=O)NCC(=O)N[C@@H](CCCCN)C(=O)NCC(=O)O. The smallest absolute Gasteiger partial charge is 0.322 e. The van der Waals surface area contributed by atoms with E-state index in [9.17, 15) is 77.6 Å². The number of carboxylic acids is 1. The molecule has 466 valence electrons. The van der Waals surface area contributed by atoms with Crippen LogP contribution in [-0.2, 0) is 62.3 Å². The topological polar surface area (TPSA) is 504 Å². The lowest BCUT2D eigenvalue weighted by Gasteiger charge is -2.32. The molecule has 0 aromatic heterocycles. The van der Waals surface area contributed by atoms with Crippen LogP contribution in [0.1, 0.15) is 121 Å². The van der Waals surface area contributed by atoms with Gasteiger partial charge in [-0.05, 0) is 90.5 Å². The second kappa shape index (κ2) is 35.7. The fourth-order valence-electron chi connectivity index (χ4n) is 8.33. The molecule has 31 nitrogen and oxygen atoms in total. The van der Waals surface area contributed by atoms with Gasteiger partial charge >= 0.3 is 5.97 Å². The minimum absolute atomic E-state index is 0.00256. The normalized spacial score (nSPS) is 17.9. The molecule has 1 saturated heterocycles. The summed E-state index contributed by atoms with van der Waals surface area (Å²) in [6.07, 6.45) is -4.04. The monoisotopic (exact) mass is 1170 g/mol. The molecule has 20 N–H and O–H groups in total. The molecule has 0 unspecified atom stereocenters. The third-order valence-electron chi connectivity index (χ3n) is 13.4. The number of aliphatic carboxylic acids is 1. The summed E-state index contributed by atoms with van der Waals surface area (Å²) >= 11 is 0. The third kappa shape index (κ3) is 24.6. The Bertz CT molecular complexity index is 2230. The summed E-state index contributed by atoms with van der Waals surface area (Å²) in [7, 11) is 0. The highest BCUT2D eigenvalue weighted by Crippen LogP contribution is 2.21. The first-order valence-corrected chi connectivity index (χ1v) is 27.5. The molecule has 1 aliphatic heterocycles. The standard InChI is InChI=1S/C51H90N14O17/c1-11-25(6)38(47(78)57-26(7)42(73)55-21-35(70)58-30(15-12-13-17-52)43(74)56-22-36(71)72)61-49(80)40(28(9)67)62-45(76)33-16-14-18-65(33)51(82)32(20-34(53)69)60-44(75)31(19-23(2)3)59-48(79)39(27(8)66)64-50(81)41(29(10)68)63-46(77)37(54)24(4)5/h23-33,37-41,66-68H,11-22,52,54H2,1-10H3,(H2,53,69)(H,55,73)(H,56,74)(H,57,78)(H,58,70)(H,59,79)(H,60,75)(H,61,80)(H,62,76)(H,63,77)(H,64,81)(H,71,72)/t25-,26-,27+,28+,29+,30-,31-,32-,33-,37-,38-,39-,40-,41-/m0/s1. The molecule has 1 fully saturated rings. The van der Waals surface area contributed by atoms with Crippen LogP contribution in [0.2, 0.25) is 0 Å². The number of nitrogens with two attached hydrogens (primary N) is 3. The number of carbonyl (C=O) groups is 13. The zero-order valence-corrected chi connectivity index (χ0v) is 48.5. The summed E-state index contributed by atoms with van der Waals surface area (Å²) in [5, 5.41) is 64.5. The molecule has 0 bridgehead atoms. The molecule has 1 rings (SSSR count). The van der Waals surface area contributed by atoms with Crippen LogP contribution in [0.5, 0.6) is 0 Å². The first-order chi connectivity index (χ1) is 38.2. The number of amides is 12. The lowest BCUT2D eigenvalue weighted by Crippen LogP contribution is -2.63. The molecule has 0 aromatic carbocycles. The molecular weight excluding hydrogens is 1080 g/mol. The van der Waals surface area contributed by atoms with Gasteiger partial charge in [0.2, 0.25) is 70.9 Å². The van der Waals surface area contributed by atoms with E-state index in [1.165, 1.54) is 20.8 Å². The maximum absolute atomic E-state index is 14.3. The maximum atomic E-state index is 14.3. The molecule has 0 aliphatic carbocycles. The van der Waals surface area contributed by atoms with E-state index in [2.05, 4.69) is 53.2 Å². The quantitative estimate of drug-likeness (QED) is 0.0259. The number of rotatable bonds is 36. The number of likely N-dealkylation sites (tertiary alicyclic amines) is 1. The Morgan fingerprint density at radius 3 is 1.57 bits per heavy atom. The Kier molecular flexibility index (Phi) is 31.7. The highest BCUT2D eigenvalue weighted by atomic mass is 16.4. The van der Waals surface area contributed by atoms with E-state index in [0.717, 1.165) is 11.8 Å². The number of nitrogens with zero attached hydrogens (tertiary/aromatic N) is 1. The van der Waals surface area contributed by atoms with Crippen LogP contribution in [0.3, 0.4) is 0 Å². The van der Waals surface area contributed by atoms with Gasteiger partial charge in [0.25, 0.3) is 0 Å². The second-order valence-corrected chi connectivity index (χ2v) is 21.4. The predicted molar refractivity (Wildman–Crippen MR) is 293 cm³/mol. The zero-order valence-electron chi connectivity index (χ0n) is 48.5. The summed E-state index contributed by atoms with van der Waals surface area (Å²) in [5.41, 5.74) is 16.9. The minimum Gasteiger partial charge on any atom is -0.480 e. The summed E-state index contributed by atoms with van der Waals surface area (Å²) in [6.45, 7) is 13.7. The van der Waals surface area contributed by atoms with Crippen LogP contribution in [0, 0.1) is 17.8 Å². The minimum atomic E-state index is -1.77. The average Bonchev–Trinajstić information content (AvgIpc) is 4.07. The van der Waals surface area contributed by atoms with Gasteiger partial charge in [0.1, 0.15) is 60.9 Å². The van der Waals surface area contributed by atoms with Crippen molar-refractivity contribution >= 4 is 76.9 Å². The van der Waals surface area contributed by atoms with Gasteiger partial charge in [0, 0.05) is 6.54 Å². The van der Waals surface area contributed by atoms with Crippen molar-refractivity contribution in [2.45, 2.75) is 199 Å². The van der Waals surface area contributed by atoms with Crippen LogP contribution in [0.15, 0.2) is 0 Å². The Balaban J connectivity index is 3.26. The van der Waals surface area contributed by atoms with Gasteiger partial charge in [-0.2, -0.15) is 0 Å². The third-order valence-corrected chi connectivity index (χ3v) is 13.4. The van der Waals surface area contributed by atoms with Gasteiger partial charge in [-0.1, -0.05) is 48.0 Å². The number of hydrogen-bond acceptors (Lipinski definition) is 18. The van der Waals surface area contributed by atoms with Crippen molar-refractivity contribution in [3.8, 4) is 0 Å². The van der Waals surface area contributed by atoms with Gasteiger partial charge in [0.15, 0.2) is 0 Å². The predicted octanol–water partition coefficient (Wildman–Crippen LogP) is -6.59. The van der Waals surface area contributed by atoms with Crippen LogP contribution < -0.4 is 70.4 Å². The van der Waals surface area contributed by atoms with E-state index in [1.807, 2.05) is 0 Å². The van der Waals surface area contributed by atoms with Crippen molar-refractivity contribution in [1.82, 2.24) is 58.1 Å². The molecule has 0 aromatic rings. The number of primary amides is 1. The van der Waals surface area contributed by atoms with Gasteiger partial charge in [0.05, 0.1) is 37.3 Å². The van der Waals surface area contributed by atoms with Crippen LogP contribution in [0.25, 0.3) is 0 Å². The van der Waals surface area contributed by atoms with Gasteiger partial charge in [-0.3, -0.25) is 62.3 Å². The number of carboxylic acid groups (broad SMARTS) is 1. The van der Waals surface area contributed by atoms with E-state index in [1.54, 1.807) is 41.5 Å². The molecule has 31 heteroatoms. The number of unbranched alkanes of at least 4 members (excludes halogenated alkanes) is 1. The number of nitrogens with one attached hydrogen (secondary N) is 10. The fraction of sp³-hybridized carbons (Fsp3) is 0.745.